The van der Waals surface area contributed by atoms with E-state index in [-0.39, 0.29) is 11.7 Å². The molecule has 1 saturated heterocycles. The summed E-state index contributed by atoms with van der Waals surface area (Å²) in [6, 6.07) is 11.2. The number of phenols is 1. The number of nitrogens with zero attached hydrogens (tertiary/aromatic N) is 3. The van der Waals surface area contributed by atoms with Crippen molar-refractivity contribution in [3.8, 4) is 5.75 Å². The summed E-state index contributed by atoms with van der Waals surface area (Å²) in [5.41, 5.74) is 3.16. The van der Waals surface area contributed by atoms with Gasteiger partial charge >= 0.3 is 0 Å². The SMILES string of the molecule is CN1CCN(CCC(=O)N/N=C\c2c(O)ccc3ccccc23)CC1. The Morgan fingerprint density at radius 2 is 1.96 bits per heavy atom. The number of aromatic hydroxyl groups is 1. The lowest BCUT2D eigenvalue weighted by Crippen LogP contribution is -2.45. The number of carbonyl (C=O) groups excluding carboxylic acids is 1. The Balaban J connectivity index is 1.54. The molecule has 0 bridgehead atoms. The van der Waals surface area contributed by atoms with Crippen LogP contribution in [0.4, 0.5) is 0 Å². The largest absolute Gasteiger partial charge is 0.507 e. The first kappa shape index (κ1) is 17.4. The zero-order valence-electron chi connectivity index (χ0n) is 14.5. The summed E-state index contributed by atoms with van der Waals surface area (Å²) in [6.45, 7) is 4.82. The van der Waals surface area contributed by atoms with Crippen molar-refractivity contribution in [3.63, 3.8) is 0 Å². The van der Waals surface area contributed by atoms with Crippen molar-refractivity contribution >= 4 is 22.9 Å². The Bertz CT molecular complexity index is 767. The standard InChI is InChI=1S/C19H24N4O2/c1-22-10-12-23(13-11-22)9-8-19(25)21-20-14-17-16-5-3-2-4-15(16)6-7-18(17)24/h2-7,14,24H,8-13H2,1H3,(H,21,25)/b20-14-. The maximum absolute atomic E-state index is 12.0. The van der Waals surface area contributed by atoms with Crippen LogP contribution in [0.5, 0.6) is 5.75 Å². The van der Waals surface area contributed by atoms with E-state index in [0.717, 1.165) is 43.5 Å². The molecule has 25 heavy (non-hydrogen) atoms. The Morgan fingerprint density at radius 1 is 1.20 bits per heavy atom. The van der Waals surface area contributed by atoms with Crippen LogP contribution in [0.15, 0.2) is 41.5 Å². The molecule has 1 amide bonds. The molecule has 1 aliphatic heterocycles. The molecule has 0 spiro atoms. The summed E-state index contributed by atoms with van der Waals surface area (Å²) in [5, 5.41) is 16.0. The number of hydrogen-bond acceptors (Lipinski definition) is 5. The molecule has 1 fully saturated rings. The number of piperazine rings is 1. The van der Waals surface area contributed by atoms with E-state index in [0.29, 0.717) is 12.0 Å². The maximum Gasteiger partial charge on any atom is 0.241 e. The molecule has 2 aromatic rings. The molecule has 6 heteroatoms. The highest BCUT2D eigenvalue weighted by Gasteiger charge is 2.14. The van der Waals surface area contributed by atoms with E-state index in [2.05, 4.69) is 27.4 Å². The first-order valence-corrected chi connectivity index (χ1v) is 8.57. The lowest BCUT2D eigenvalue weighted by Gasteiger charge is -2.32. The topological polar surface area (TPSA) is 68.2 Å². The highest BCUT2D eigenvalue weighted by atomic mass is 16.3. The number of hydrazone groups is 1. The summed E-state index contributed by atoms with van der Waals surface area (Å²) in [7, 11) is 2.11. The number of benzene rings is 2. The Hall–Kier alpha value is -2.44. The van der Waals surface area contributed by atoms with E-state index in [1.54, 1.807) is 6.07 Å². The van der Waals surface area contributed by atoms with Gasteiger partial charge in [-0.3, -0.25) is 4.79 Å². The number of nitrogens with one attached hydrogen (secondary N) is 1. The highest BCUT2D eigenvalue weighted by molar-refractivity contribution is 6.02. The minimum atomic E-state index is -0.116. The first-order valence-electron chi connectivity index (χ1n) is 8.57. The second kappa shape index (κ2) is 8.09. The van der Waals surface area contributed by atoms with Gasteiger partial charge in [0.25, 0.3) is 0 Å². The van der Waals surface area contributed by atoms with Crippen molar-refractivity contribution in [2.45, 2.75) is 6.42 Å². The van der Waals surface area contributed by atoms with E-state index in [1.165, 1.54) is 6.21 Å². The number of fused-ring (bicyclic) bond motifs is 1. The van der Waals surface area contributed by atoms with Crippen LogP contribution >= 0.6 is 0 Å². The second-order valence-electron chi connectivity index (χ2n) is 6.41. The molecular formula is C19H24N4O2. The summed E-state index contributed by atoms with van der Waals surface area (Å²) in [5.74, 6) is 0.0315. The van der Waals surface area contributed by atoms with Gasteiger partial charge in [0.1, 0.15) is 5.75 Å². The smallest absolute Gasteiger partial charge is 0.241 e. The third kappa shape index (κ3) is 4.55. The summed E-state index contributed by atoms with van der Waals surface area (Å²) in [6.07, 6.45) is 1.92. The molecule has 0 atom stereocenters. The number of hydrogen-bond donors (Lipinski definition) is 2. The number of likely N-dealkylation sites (N-methyl/N-ethyl adjacent to an activating group) is 1. The third-order valence-electron chi connectivity index (χ3n) is 4.58. The molecule has 132 valence electrons. The molecule has 0 unspecified atom stereocenters. The molecule has 2 aromatic carbocycles. The van der Waals surface area contributed by atoms with Crippen LogP contribution in [0.3, 0.4) is 0 Å². The maximum atomic E-state index is 12.0. The van der Waals surface area contributed by atoms with E-state index in [1.807, 2.05) is 30.3 Å². The van der Waals surface area contributed by atoms with Gasteiger partial charge in [0, 0.05) is 44.7 Å². The molecule has 0 radical (unpaired) electrons. The Kier molecular flexibility index (Phi) is 5.63. The zero-order chi connectivity index (χ0) is 17.6. The number of amides is 1. The second-order valence-corrected chi connectivity index (χ2v) is 6.41. The van der Waals surface area contributed by atoms with E-state index < -0.39 is 0 Å². The summed E-state index contributed by atoms with van der Waals surface area (Å²) >= 11 is 0. The number of carbonyl (C=O) groups is 1. The van der Waals surface area contributed by atoms with Gasteiger partial charge in [0.15, 0.2) is 0 Å². The van der Waals surface area contributed by atoms with Crippen molar-refractivity contribution in [2.24, 2.45) is 5.10 Å². The van der Waals surface area contributed by atoms with Crippen LogP contribution in [0, 0.1) is 0 Å². The van der Waals surface area contributed by atoms with Crippen molar-refractivity contribution in [1.29, 1.82) is 0 Å². The average Bonchev–Trinajstić information content (AvgIpc) is 2.63. The van der Waals surface area contributed by atoms with Crippen molar-refractivity contribution in [3.05, 3.63) is 42.0 Å². The van der Waals surface area contributed by atoms with Gasteiger partial charge in [-0.15, -0.1) is 0 Å². The van der Waals surface area contributed by atoms with Gasteiger partial charge in [-0.1, -0.05) is 30.3 Å². The van der Waals surface area contributed by atoms with E-state index >= 15 is 0 Å². The lowest BCUT2D eigenvalue weighted by molar-refractivity contribution is -0.121. The predicted octanol–water partition coefficient (Wildman–Crippen LogP) is 1.63. The first-order chi connectivity index (χ1) is 12.1. The van der Waals surface area contributed by atoms with E-state index in [9.17, 15) is 9.90 Å². The normalized spacial score (nSPS) is 16.5. The van der Waals surface area contributed by atoms with Crippen LogP contribution in [0.25, 0.3) is 10.8 Å². The fraction of sp³-hybridized carbons (Fsp3) is 0.368. The Morgan fingerprint density at radius 3 is 2.76 bits per heavy atom. The fourth-order valence-corrected chi connectivity index (χ4v) is 2.98. The molecular weight excluding hydrogens is 316 g/mol. The summed E-state index contributed by atoms with van der Waals surface area (Å²) < 4.78 is 0. The lowest BCUT2D eigenvalue weighted by atomic mass is 10.0. The van der Waals surface area contributed by atoms with Crippen molar-refractivity contribution < 1.29 is 9.90 Å². The third-order valence-corrected chi connectivity index (χ3v) is 4.58. The number of rotatable bonds is 5. The Labute approximate surface area is 147 Å². The van der Waals surface area contributed by atoms with Crippen molar-refractivity contribution in [1.82, 2.24) is 15.2 Å². The minimum Gasteiger partial charge on any atom is -0.507 e. The van der Waals surface area contributed by atoms with Crippen LogP contribution in [0.2, 0.25) is 0 Å². The molecule has 1 aliphatic rings. The molecule has 2 N–H and O–H groups in total. The van der Waals surface area contributed by atoms with Gasteiger partial charge in [0.2, 0.25) is 5.91 Å². The minimum absolute atomic E-state index is 0.116. The molecule has 6 nitrogen and oxygen atoms in total. The molecule has 0 aromatic heterocycles. The van der Waals surface area contributed by atoms with Crippen molar-refractivity contribution in [2.75, 3.05) is 39.8 Å². The molecule has 0 saturated carbocycles. The predicted molar refractivity (Wildman–Crippen MR) is 99.9 cm³/mol. The summed E-state index contributed by atoms with van der Waals surface area (Å²) in [4.78, 5) is 16.5. The quantitative estimate of drug-likeness (QED) is 0.641. The fourth-order valence-electron chi connectivity index (χ4n) is 2.98. The van der Waals surface area contributed by atoms with Crippen LogP contribution < -0.4 is 5.43 Å². The monoisotopic (exact) mass is 340 g/mol. The highest BCUT2D eigenvalue weighted by Crippen LogP contribution is 2.25. The van der Waals surface area contributed by atoms with Gasteiger partial charge < -0.3 is 14.9 Å². The van der Waals surface area contributed by atoms with Crippen LogP contribution in [-0.2, 0) is 4.79 Å². The van der Waals surface area contributed by atoms with Gasteiger partial charge in [-0.25, -0.2) is 5.43 Å². The zero-order valence-corrected chi connectivity index (χ0v) is 14.5. The number of phenolic OH excluding ortho intramolecular Hbond substituents is 1. The average molecular weight is 340 g/mol. The van der Waals surface area contributed by atoms with E-state index in [4.69, 9.17) is 0 Å². The molecule has 3 rings (SSSR count). The van der Waals surface area contributed by atoms with Gasteiger partial charge in [0.05, 0.1) is 6.21 Å². The molecule has 0 aliphatic carbocycles. The van der Waals surface area contributed by atoms with Gasteiger partial charge in [-0.2, -0.15) is 5.10 Å². The van der Waals surface area contributed by atoms with Crippen LogP contribution in [-0.4, -0.2) is 66.8 Å². The molecule has 1 heterocycles. The van der Waals surface area contributed by atoms with Gasteiger partial charge in [-0.05, 0) is 23.9 Å². The van der Waals surface area contributed by atoms with Crippen LogP contribution in [0.1, 0.15) is 12.0 Å².